The zero-order valence-corrected chi connectivity index (χ0v) is 14.1. The molecule has 25 heavy (non-hydrogen) atoms. The van der Waals surface area contributed by atoms with Crippen molar-refractivity contribution in [2.75, 3.05) is 23.9 Å². The monoisotopic (exact) mass is 327 g/mol. The topological polar surface area (TPSA) is 47.3 Å². The maximum atomic E-state index is 13.2. The lowest BCUT2D eigenvalue weighted by Crippen LogP contribution is -2.27. The minimum absolute atomic E-state index is 0.115. The molecule has 1 aliphatic heterocycles. The van der Waals surface area contributed by atoms with Crippen molar-refractivity contribution >= 4 is 28.1 Å². The summed E-state index contributed by atoms with van der Waals surface area (Å²) in [5.74, 6) is -0.115. The summed E-state index contributed by atoms with van der Waals surface area (Å²) < 4.78 is 0. The van der Waals surface area contributed by atoms with Gasteiger partial charge in [-0.3, -0.25) is 9.69 Å². The molecule has 0 spiro atoms. The van der Waals surface area contributed by atoms with Crippen LogP contribution in [0.25, 0.3) is 10.8 Å². The zero-order chi connectivity index (χ0) is 17.6. The highest BCUT2D eigenvalue weighted by Gasteiger charge is 2.39. The van der Waals surface area contributed by atoms with Crippen molar-refractivity contribution in [1.82, 2.24) is 0 Å². The van der Waals surface area contributed by atoms with Gasteiger partial charge in [0.2, 0.25) is 0 Å². The first-order valence-electron chi connectivity index (χ1n) is 8.14. The highest BCUT2D eigenvalue weighted by Crippen LogP contribution is 2.40. The van der Waals surface area contributed by atoms with Crippen LogP contribution in [-0.2, 0) is 0 Å². The van der Waals surface area contributed by atoms with Crippen LogP contribution in [0, 0.1) is 11.3 Å². The highest BCUT2D eigenvalue weighted by atomic mass is 16.2. The number of anilines is 2. The van der Waals surface area contributed by atoms with Crippen LogP contribution in [-0.4, -0.2) is 20.0 Å². The molecule has 4 nitrogen and oxygen atoms in total. The number of nitrogens with zero attached hydrogens (tertiary/aromatic N) is 3. The summed E-state index contributed by atoms with van der Waals surface area (Å²) in [6.07, 6.45) is 0. The van der Waals surface area contributed by atoms with Gasteiger partial charge in [0.25, 0.3) is 5.91 Å². The Labute approximate surface area is 146 Å². The first-order chi connectivity index (χ1) is 12.1. The van der Waals surface area contributed by atoms with E-state index in [0.717, 1.165) is 27.7 Å². The maximum Gasteiger partial charge on any atom is 0.260 e. The van der Waals surface area contributed by atoms with E-state index in [9.17, 15) is 10.1 Å². The lowest BCUT2D eigenvalue weighted by Gasteiger charge is -2.21. The first-order valence-corrected chi connectivity index (χ1v) is 8.14. The van der Waals surface area contributed by atoms with E-state index in [4.69, 9.17) is 0 Å². The van der Waals surface area contributed by atoms with Crippen LogP contribution in [0.5, 0.6) is 0 Å². The average molecular weight is 327 g/mol. The first kappa shape index (κ1) is 15.2. The van der Waals surface area contributed by atoms with Gasteiger partial charge in [0, 0.05) is 31.0 Å². The van der Waals surface area contributed by atoms with Crippen LogP contribution in [0.15, 0.2) is 60.7 Å². The molecular weight excluding hydrogens is 310 g/mol. The van der Waals surface area contributed by atoms with Gasteiger partial charge in [-0.05, 0) is 35.0 Å². The van der Waals surface area contributed by atoms with E-state index in [-0.39, 0.29) is 5.91 Å². The molecule has 0 radical (unpaired) electrons. The van der Waals surface area contributed by atoms with Crippen LogP contribution in [0.3, 0.4) is 0 Å². The Bertz CT molecular complexity index is 1020. The Hall–Kier alpha value is -3.32. The second-order valence-corrected chi connectivity index (χ2v) is 6.37. The van der Waals surface area contributed by atoms with Crippen LogP contribution in [0.2, 0.25) is 0 Å². The van der Waals surface area contributed by atoms with Crippen molar-refractivity contribution in [2.24, 2.45) is 0 Å². The molecule has 0 saturated carbocycles. The number of nitriles is 1. The molecule has 0 N–H and O–H groups in total. The van der Waals surface area contributed by atoms with Gasteiger partial charge in [-0.25, -0.2) is 0 Å². The molecule has 0 fully saturated rings. The predicted octanol–water partition coefficient (Wildman–Crippen LogP) is 4.13. The summed E-state index contributed by atoms with van der Waals surface area (Å²) in [7, 11) is 3.94. The Morgan fingerprint density at radius 3 is 2.40 bits per heavy atom. The van der Waals surface area contributed by atoms with Crippen molar-refractivity contribution in [3.05, 3.63) is 71.8 Å². The molecule has 122 valence electrons. The Morgan fingerprint density at radius 1 is 1.00 bits per heavy atom. The number of carbonyl (C=O) groups excluding carboxylic acids is 1. The molecule has 3 aromatic carbocycles. The molecule has 1 unspecified atom stereocenters. The second kappa shape index (κ2) is 5.64. The van der Waals surface area contributed by atoms with E-state index >= 15 is 0 Å². The second-order valence-electron chi connectivity index (χ2n) is 6.37. The van der Waals surface area contributed by atoms with Crippen LogP contribution < -0.4 is 9.80 Å². The van der Waals surface area contributed by atoms with Crippen molar-refractivity contribution in [1.29, 1.82) is 5.26 Å². The number of fused-ring (bicyclic) bond motifs is 3. The van der Waals surface area contributed by atoms with E-state index in [1.807, 2.05) is 79.7 Å². The normalized spacial score (nSPS) is 16.0. The molecular formula is C21H17N3O. The van der Waals surface area contributed by atoms with Crippen LogP contribution in [0.4, 0.5) is 11.4 Å². The minimum atomic E-state index is -0.600. The number of benzene rings is 3. The maximum absolute atomic E-state index is 13.2. The predicted molar refractivity (Wildman–Crippen MR) is 99.9 cm³/mol. The highest BCUT2D eigenvalue weighted by molar-refractivity contribution is 6.18. The summed E-state index contributed by atoms with van der Waals surface area (Å²) in [6, 6.07) is 21.1. The Balaban J connectivity index is 1.86. The lowest BCUT2D eigenvalue weighted by atomic mass is 9.98. The lowest BCUT2D eigenvalue weighted by molar-refractivity contribution is 0.0996. The fourth-order valence-electron chi connectivity index (χ4n) is 3.44. The SMILES string of the molecule is CN(C)c1ccc(N2C(=O)c3c(ccc4ccccc34)C2C#N)cc1. The average Bonchev–Trinajstić information content (AvgIpc) is 2.94. The van der Waals surface area contributed by atoms with Crippen LogP contribution in [0.1, 0.15) is 22.0 Å². The van der Waals surface area contributed by atoms with Gasteiger partial charge >= 0.3 is 0 Å². The van der Waals surface area contributed by atoms with Crippen molar-refractivity contribution < 1.29 is 4.79 Å². The number of hydrogen-bond acceptors (Lipinski definition) is 3. The Morgan fingerprint density at radius 2 is 1.72 bits per heavy atom. The van der Waals surface area contributed by atoms with Gasteiger partial charge in [-0.1, -0.05) is 36.4 Å². The largest absolute Gasteiger partial charge is 0.378 e. The number of rotatable bonds is 2. The summed E-state index contributed by atoms with van der Waals surface area (Å²) in [5.41, 5.74) is 3.21. The van der Waals surface area contributed by atoms with Crippen molar-refractivity contribution in [2.45, 2.75) is 6.04 Å². The van der Waals surface area contributed by atoms with E-state index < -0.39 is 6.04 Å². The molecule has 4 rings (SSSR count). The zero-order valence-electron chi connectivity index (χ0n) is 14.1. The molecule has 4 heteroatoms. The number of carbonyl (C=O) groups is 1. The quantitative estimate of drug-likeness (QED) is 0.711. The molecule has 3 aromatic rings. The van der Waals surface area contributed by atoms with Crippen LogP contribution >= 0.6 is 0 Å². The third kappa shape index (κ3) is 2.25. The number of hydrogen-bond donors (Lipinski definition) is 0. The van der Waals surface area contributed by atoms with Gasteiger partial charge in [0.05, 0.1) is 11.6 Å². The van der Waals surface area contributed by atoms with Gasteiger partial charge in [-0.15, -0.1) is 0 Å². The summed E-state index contributed by atoms with van der Waals surface area (Å²) >= 11 is 0. The summed E-state index contributed by atoms with van der Waals surface area (Å²) in [5, 5.41) is 11.6. The summed E-state index contributed by atoms with van der Waals surface area (Å²) in [4.78, 5) is 16.8. The van der Waals surface area contributed by atoms with Gasteiger partial charge < -0.3 is 4.90 Å². The van der Waals surface area contributed by atoms with Crippen molar-refractivity contribution in [3.63, 3.8) is 0 Å². The van der Waals surface area contributed by atoms with E-state index in [2.05, 4.69) is 6.07 Å². The number of amides is 1. The molecule has 0 aliphatic carbocycles. The van der Waals surface area contributed by atoms with E-state index in [1.54, 1.807) is 4.90 Å². The molecule has 0 aromatic heterocycles. The fourth-order valence-corrected chi connectivity index (χ4v) is 3.44. The summed E-state index contributed by atoms with van der Waals surface area (Å²) in [6.45, 7) is 0. The van der Waals surface area contributed by atoms with Gasteiger partial charge in [-0.2, -0.15) is 5.26 Å². The van der Waals surface area contributed by atoms with E-state index in [1.165, 1.54) is 0 Å². The smallest absolute Gasteiger partial charge is 0.260 e. The fraction of sp³-hybridized carbons (Fsp3) is 0.143. The standard InChI is InChI=1S/C21H17N3O/c1-23(2)15-8-10-16(11-9-15)24-19(13-22)18-12-7-14-5-3-4-6-17(14)20(18)21(24)25/h3-12,19H,1-2H3. The van der Waals surface area contributed by atoms with E-state index in [0.29, 0.717) is 5.56 Å². The molecule has 0 bridgehead atoms. The van der Waals surface area contributed by atoms with Gasteiger partial charge in [0.15, 0.2) is 6.04 Å². The molecule has 1 atom stereocenters. The third-order valence-electron chi connectivity index (χ3n) is 4.71. The molecule has 1 aliphatic rings. The molecule has 0 saturated heterocycles. The minimum Gasteiger partial charge on any atom is -0.378 e. The van der Waals surface area contributed by atoms with Crippen molar-refractivity contribution in [3.8, 4) is 6.07 Å². The molecule has 1 amide bonds. The molecule has 1 heterocycles. The Kier molecular flexibility index (Phi) is 3.43. The third-order valence-corrected chi connectivity index (χ3v) is 4.71. The van der Waals surface area contributed by atoms with Gasteiger partial charge in [0.1, 0.15) is 0 Å².